The first-order chi connectivity index (χ1) is 10.9. The van der Waals surface area contributed by atoms with E-state index in [0.717, 1.165) is 13.1 Å². The molecule has 0 radical (unpaired) electrons. The zero-order chi connectivity index (χ0) is 16.4. The van der Waals surface area contributed by atoms with Crippen LogP contribution in [0, 0.1) is 18.8 Å². The summed E-state index contributed by atoms with van der Waals surface area (Å²) in [5.74, 6) is -1.37. The number of carbonyl (C=O) groups is 1. The maximum Gasteiger partial charge on any atom is 0.491 e. The third kappa shape index (κ3) is 2.18. The Bertz CT molecular complexity index is 791. The van der Waals surface area contributed by atoms with Gasteiger partial charge in [-0.3, -0.25) is 0 Å². The van der Waals surface area contributed by atoms with Crippen molar-refractivity contribution in [2.24, 2.45) is 11.8 Å². The van der Waals surface area contributed by atoms with Gasteiger partial charge in [0.2, 0.25) is 0 Å². The highest BCUT2D eigenvalue weighted by Crippen LogP contribution is 2.56. The molecule has 2 aromatic rings. The number of hydrogen-bond acceptors (Lipinski definition) is 5. The number of nitrogens with one attached hydrogen (secondary N) is 1. The summed E-state index contributed by atoms with van der Waals surface area (Å²) in [6, 6.07) is 1.54. The molecule has 4 rings (SSSR count). The van der Waals surface area contributed by atoms with Crippen LogP contribution in [0.15, 0.2) is 12.3 Å². The van der Waals surface area contributed by atoms with Gasteiger partial charge in [-0.1, -0.05) is 5.21 Å². The van der Waals surface area contributed by atoms with Crippen molar-refractivity contribution in [1.82, 2.24) is 20.1 Å². The molecule has 1 saturated heterocycles. The second-order valence-corrected chi connectivity index (χ2v) is 5.99. The molecule has 9 heteroatoms. The lowest BCUT2D eigenvalue weighted by Crippen LogP contribution is -2.28. The number of alkyl halides is 3. The maximum absolute atomic E-state index is 12.5. The molecule has 2 aliphatic rings. The number of esters is 1. The Morgan fingerprint density at radius 3 is 2.74 bits per heavy atom. The molecule has 1 aliphatic carbocycles. The van der Waals surface area contributed by atoms with Gasteiger partial charge in [0.1, 0.15) is 5.52 Å². The number of fused-ring (bicyclic) bond motifs is 2. The summed E-state index contributed by atoms with van der Waals surface area (Å²) >= 11 is 0. The lowest BCUT2D eigenvalue weighted by atomic mass is 10.1. The van der Waals surface area contributed by atoms with Crippen molar-refractivity contribution in [3.63, 3.8) is 0 Å². The highest BCUT2D eigenvalue weighted by Gasteiger charge is 2.55. The number of pyridine rings is 1. The van der Waals surface area contributed by atoms with Crippen LogP contribution in [0.5, 0.6) is 5.75 Å². The molecule has 0 spiro atoms. The Balaban J connectivity index is 1.78. The van der Waals surface area contributed by atoms with Crippen LogP contribution in [0.2, 0.25) is 0 Å². The number of hydrogen-bond donors (Lipinski definition) is 1. The van der Waals surface area contributed by atoms with Gasteiger partial charge in [-0.2, -0.15) is 13.2 Å². The van der Waals surface area contributed by atoms with Gasteiger partial charge in [0.15, 0.2) is 5.75 Å². The van der Waals surface area contributed by atoms with E-state index in [-0.39, 0.29) is 11.7 Å². The number of aromatic nitrogens is 3. The van der Waals surface area contributed by atoms with Crippen LogP contribution < -0.4 is 10.1 Å². The molecule has 1 saturated carbocycles. The van der Waals surface area contributed by atoms with E-state index in [1.54, 1.807) is 19.2 Å². The molecule has 0 bridgehead atoms. The summed E-state index contributed by atoms with van der Waals surface area (Å²) in [6.45, 7) is 3.31. The number of piperidine rings is 1. The van der Waals surface area contributed by atoms with Crippen LogP contribution in [-0.2, 0) is 4.79 Å². The predicted octanol–water partition coefficient (Wildman–Crippen LogP) is 1.44. The molecular formula is C14H13F3N4O2. The highest BCUT2D eigenvalue weighted by molar-refractivity contribution is 5.82. The smallest absolute Gasteiger partial charge is 0.417 e. The molecule has 122 valence electrons. The molecule has 0 amide bonds. The number of halogens is 3. The molecular weight excluding hydrogens is 313 g/mol. The summed E-state index contributed by atoms with van der Waals surface area (Å²) in [6.07, 6.45) is -3.45. The Labute approximate surface area is 128 Å². The van der Waals surface area contributed by atoms with Gasteiger partial charge < -0.3 is 10.1 Å². The second-order valence-electron chi connectivity index (χ2n) is 5.99. The van der Waals surface area contributed by atoms with E-state index in [4.69, 9.17) is 0 Å². The zero-order valence-corrected chi connectivity index (χ0v) is 12.1. The average molecular weight is 326 g/mol. The molecule has 2 atom stereocenters. The Hall–Kier alpha value is -2.16. The maximum atomic E-state index is 12.5. The lowest BCUT2D eigenvalue weighted by Gasteiger charge is -2.11. The van der Waals surface area contributed by atoms with Crippen molar-refractivity contribution < 1.29 is 22.7 Å². The summed E-state index contributed by atoms with van der Waals surface area (Å²) in [7, 11) is 0. The molecule has 1 N–H and O–H groups in total. The SMILES string of the molecule is Cc1ccn2nnc(C3C4CNCC43)c2c1OC(=O)C(F)(F)F. The topological polar surface area (TPSA) is 68.5 Å². The number of ether oxygens (including phenoxy) is 1. The van der Waals surface area contributed by atoms with Crippen molar-refractivity contribution in [1.29, 1.82) is 0 Å². The first kappa shape index (κ1) is 14.4. The monoisotopic (exact) mass is 326 g/mol. The van der Waals surface area contributed by atoms with Crippen LogP contribution in [-0.4, -0.2) is 40.1 Å². The number of rotatable bonds is 2. The fourth-order valence-corrected chi connectivity index (χ4v) is 3.40. The summed E-state index contributed by atoms with van der Waals surface area (Å²) in [4.78, 5) is 11.2. The minimum Gasteiger partial charge on any atom is -0.417 e. The average Bonchev–Trinajstić information content (AvgIpc) is 2.89. The van der Waals surface area contributed by atoms with E-state index in [0.29, 0.717) is 28.6 Å². The normalized spacial score (nSPS) is 26.3. The predicted molar refractivity (Wildman–Crippen MR) is 72.0 cm³/mol. The van der Waals surface area contributed by atoms with Crippen molar-refractivity contribution in [3.05, 3.63) is 23.5 Å². The van der Waals surface area contributed by atoms with E-state index in [9.17, 15) is 18.0 Å². The third-order valence-corrected chi connectivity index (χ3v) is 4.59. The van der Waals surface area contributed by atoms with Gasteiger partial charge in [0, 0.05) is 12.1 Å². The molecule has 2 unspecified atom stereocenters. The fourth-order valence-electron chi connectivity index (χ4n) is 3.40. The minimum absolute atomic E-state index is 0.118. The second kappa shape index (κ2) is 4.67. The fraction of sp³-hybridized carbons (Fsp3) is 0.500. The number of carbonyl (C=O) groups excluding carboxylic acids is 1. The van der Waals surface area contributed by atoms with Crippen LogP contribution in [0.1, 0.15) is 17.2 Å². The zero-order valence-electron chi connectivity index (χ0n) is 12.1. The van der Waals surface area contributed by atoms with Crippen LogP contribution in [0.25, 0.3) is 5.52 Å². The largest absolute Gasteiger partial charge is 0.491 e. The van der Waals surface area contributed by atoms with E-state index in [2.05, 4.69) is 20.4 Å². The van der Waals surface area contributed by atoms with Gasteiger partial charge in [-0.15, -0.1) is 5.10 Å². The van der Waals surface area contributed by atoms with E-state index >= 15 is 0 Å². The number of aryl methyl sites for hydroxylation is 1. The standard InChI is InChI=1S/C14H13F3N4O2/c1-6-2-3-21-11(12(6)23-13(22)14(15,16)17)10(19-20-21)9-7-4-18-5-8(7)9/h2-3,7-9,18H,4-5H2,1H3. The van der Waals surface area contributed by atoms with Crippen LogP contribution in [0.3, 0.4) is 0 Å². The summed E-state index contributed by atoms with van der Waals surface area (Å²) < 4.78 is 43.6. The van der Waals surface area contributed by atoms with E-state index in [1.165, 1.54) is 4.52 Å². The Morgan fingerprint density at radius 1 is 1.39 bits per heavy atom. The molecule has 2 aromatic heterocycles. The van der Waals surface area contributed by atoms with Crippen molar-refractivity contribution in [3.8, 4) is 5.75 Å². The first-order valence-corrected chi connectivity index (χ1v) is 7.22. The Morgan fingerprint density at radius 2 is 2.09 bits per heavy atom. The van der Waals surface area contributed by atoms with Crippen LogP contribution in [0.4, 0.5) is 13.2 Å². The molecule has 6 nitrogen and oxygen atoms in total. The van der Waals surface area contributed by atoms with Crippen molar-refractivity contribution in [2.45, 2.75) is 19.0 Å². The first-order valence-electron chi connectivity index (χ1n) is 7.22. The van der Waals surface area contributed by atoms with Crippen molar-refractivity contribution in [2.75, 3.05) is 13.1 Å². The minimum atomic E-state index is -5.05. The molecule has 3 heterocycles. The van der Waals surface area contributed by atoms with Crippen LogP contribution >= 0.6 is 0 Å². The van der Waals surface area contributed by atoms with E-state index < -0.39 is 12.1 Å². The number of nitrogens with zero attached hydrogens (tertiary/aromatic N) is 3. The summed E-state index contributed by atoms with van der Waals surface area (Å²) in [5.41, 5.74) is 1.39. The highest BCUT2D eigenvalue weighted by atomic mass is 19.4. The molecule has 2 fully saturated rings. The van der Waals surface area contributed by atoms with Gasteiger partial charge in [-0.05, 0) is 43.5 Å². The Kier molecular flexibility index (Phi) is 2.93. The van der Waals surface area contributed by atoms with Gasteiger partial charge in [0.25, 0.3) is 0 Å². The van der Waals surface area contributed by atoms with Gasteiger partial charge in [-0.25, -0.2) is 9.31 Å². The van der Waals surface area contributed by atoms with E-state index in [1.807, 2.05) is 0 Å². The molecule has 23 heavy (non-hydrogen) atoms. The summed E-state index contributed by atoms with van der Waals surface area (Å²) in [5, 5.41) is 11.3. The quantitative estimate of drug-likeness (QED) is 0.846. The van der Waals surface area contributed by atoms with Gasteiger partial charge in [0.05, 0.1) is 5.69 Å². The van der Waals surface area contributed by atoms with Gasteiger partial charge >= 0.3 is 12.1 Å². The molecule has 1 aliphatic heterocycles. The molecule has 0 aromatic carbocycles. The lowest BCUT2D eigenvalue weighted by molar-refractivity contribution is -0.189. The third-order valence-electron chi connectivity index (χ3n) is 4.59. The van der Waals surface area contributed by atoms with Crippen molar-refractivity contribution >= 4 is 11.5 Å².